The molecule has 0 spiro atoms. The van der Waals surface area contributed by atoms with Crippen LogP contribution in [0.25, 0.3) is 11.1 Å². The Morgan fingerprint density at radius 3 is 2.88 bits per heavy atom. The molecule has 0 radical (unpaired) electrons. The fourth-order valence-corrected chi connectivity index (χ4v) is 2.95. The Morgan fingerprint density at radius 2 is 2.08 bits per heavy atom. The van der Waals surface area contributed by atoms with Crippen molar-refractivity contribution in [2.24, 2.45) is 0 Å². The first kappa shape index (κ1) is 15.8. The maximum absolute atomic E-state index is 12.7. The third kappa shape index (κ3) is 3.42. The van der Waals surface area contributed by atoms with E-state index in [9.17, 15) is 4.79 Å². The van der Waals surface area contributed by atoms with Crippen LogP contribution in [0.4, 0.5) is 5.69 Å². The maximum atomic E-state index is 12.7. The average molecular weight is 335 g/mol. The number of carbonyl (C=O) groups is 1. The molecule has 0 bridgehead atoms. The zero-order valence-electron chi connectivity index (χ0n) is 14.2. The van der Waals surface area contributed by atoms with Crippen LogP contribution in [0.1, 0.15) is 40.6 Å². The van der Waals surface area contributed by atoms with Crippen molar-refractivity contribution in [2.45, 2.75) is 25.2 Å². The van der Waals surface area contributed by atoms with Crippen molar-refractivity contribution in [1.29, 1.82) is 0 Å². The molecule has 128 valence electrons. The van der Waals surface area contributed by atoms with Gasteiger partial charge in [-0.1, -0.05) is 18.2 Å². The number of amides is 1. The lowest BCUT2D eigenvalue weighted by molar-refractivity contribution is 0.102. The molecule has 3 aromatic rings. The number of aromatic nitrogens is 1. The molecule has 1 amide bonds. The first-order chi connectivity index (χ1) is 12.2. The van der Waals surface area contributed by atoms with E-state index in [-0.39, 0.29) is 5.91 Å². The molecule has 1 aliphatic rings. The quantitative estimate of drug-likeness (QED) is 0.720. The van der Waals surface area contributed by atoms with Crippen molar-refractivity contribution in [2.75, 3.05) is 18.9 Å². The van der Waals surface area contributed by atoms with Crippen LogP contribution < -0.4 is 10.6 Å². The van der Waals surface area contributed by atoms with Crippen LogP contribution in [0.5, 0.6) is 0 Å². The third-order valence-corrected chi connectivity index (χ3v) is 4.49. The number of likely N-dealkylation sites (N-methyl/N-ethyl adjacent to an activating group) is 1. The minimum atomic E-state index is -0.100. The normalized spacial score (nSPS) is 14.0. The predicted molar refractivity (Wildman–Crippen MR) is 98.0 cm³/mol. The molecule has 0 atom stereocenters. The molecule has 0 saturated heterocycles. The summed E-state index contributed by atoms with van der Waals surface area (Å²) in [6.45, 7) is 0.832. The summed E-state index contributed by atoms with van der Waals surface area (Å²) in [4.78, 5) is 17.2. The molecule has 4 rings (SSSR count). The topological polar surface area (TPSA) is 67.2 Å². The number of nitrogens with zero attached hydrogens (tertiary/aromatic N) is 1. The van der Waals surface area contributed by atoms with Gasteiger partial charge < -0.3 is 15.1 Å². The molecule has 1 saturated carbocycles. The van der Waals surface area contributed by atoms with Gasteiger partial charge in [0, 0.05) is 17.2 Å². The van der Waals surface area contributed by atoms with Crippen molar-refractivity contribution >= 4 is 22.7 Å². The van der Waals surface area contributed by atoms with Crippen LogP contribution in [0, 0.1) is 0 Å². The number of carbonyl (C=O) groups excluding carboxylic acids is 1. The number of benzene rings is 2. The van der Waals surface area contributed by atoms with Gasteiger partial charge in [-0.25, -0.2) is 4.98 Å². The zero-order chi connectivity index (χ0) is 17.2. The number of hydrogen-bond acceptors (Lipinski definition) is 4. The summed E-state index contributed by atoms with van der Waals surface area (Å²) in [5.41, 5.74) is 4.04. The second-order valence-electron chi connectivity index (χ2n) is 6.47. The standard InChI is InChI=1S/C20H21N3O2/c1-21-11-10-13-4-2-3-5-16(13)19(24)22-15-8-9-18-17(12-15)23-20(25-18)14-6-7-14/h2-5,8-9,12,14,21H,6-7,10-11H2,1H3,(H,22,24). The second-order valence-corrected chi connectivity index (χ2v) is 6.47. The number of oxazole rings is 1. The molecule has 1 fully saturated rings. The Kier molecular flexibility index (Phi) is 4.24. The molecular formula is C20H21N3O2. The van der Waals surface area contributed by atoms with Gasteiger partial charge in [-0.2, -0.15) is 0 Å². The molecular weight excluding hydrogens is 314 g/mol. The molecule has 2 N–H and O–H groups in total. The SMILES string of the molecule is CNCCc1ccccc1C(=O)Nc1ccc2oc(C3CC3)nc2c1. The second kappa shape index (κ2) is 6.69. The Morgan fingerprint density at radius 1 is 1.24 bits per heavy atom. The van der Waals surface area contributed by atoms with Gasteiger partial charge in [-0.15, -0.1) is 0 Å². The highest BCUT2D eigenvalue weighted by Crippen LogP contribution is 2.40. The largest absolute Gasteiger partial charge is 0.440 e. The average Bonchev–Trinajstić information content (AvgIpc) is 3.39. The predicted octanol–water partition coefficient (Wildman–Crippen LogP) is 3.72. The molecule has 0 unspecified atom stereocenters. The number of anilines is 1. The van der Waals surface area contributed by atoms with Crippen molar-refractivity contribution in [3.05, 3.63) is 59.5 Å². The summed E-state index contributed by atoms with van der Waals surface area (Å²) < 4.78 is 5.77. The first-order valence-corrected chi connectivity index (χ1v) is 8.69. The minimum absolute atomic E-state index is 0.100. The minimum Gasteiger partial charge on any atom is -0.440 e. The van der Waals surface area contributed by atoms with Gasteiger partial charge in [0.2, 0.25) is 0 Å². The van der Waals surface area contributed by atoms with Gasteiger partial charge in [-0.3, -0.25) is 4.79 Å². The van der Waals surface area contributed by atoms with Crippen molar-refractivity contribution in [3.8, 4) is 0 Å². The zero-order valence-corrected chi connectivity index (χ0v) is 14.2. The van der Waals surface area contributed by atoms with Gasteiger partial charge in [-0.05, 0) is 62.7 Å². The van der Waals surface area contributed by atoms with E-state index in [1.165, 1.54) is 0 Å². The Bertz CT molecular complexity index is 912. The van der Waals surface area contributed by atoms with E-state index in [0.29, 0.717) is 11.5 Å². The van der Waals surface area contributed by atoms with Crippen LogP contribution in [-0.4, -0.2) is 24.5 Å². The van der Waals surface area contributed by atoms with E-state index in [1.807, 2.05) is 49.5 Å². The monoisotopic (exact) mass is 335 g/mol. The van der Waals surface area contributed by atoms with Crippen molar-refractivity contribution in [1.82, 2.24) is 10.3 Å². The Labute approximate surface area is 146 Å². The number of hydrogen-bond donors (Lipinski definition) is 2. The summed E-state index contributed by atoms with van der Waals surface area (Å²) in [5.74, 6) is 1.19. The smallest absolute Gasteiger partial charge is 0.255 e. The van der Waals surface area contributed by atoms with Crippen LogP contribution >= 0.6 is 0 Å². The summed E-state index contributed by atoms with van der Waals surface area (Å²) >= 11 is 0. The molecule has 1 aliphatic carbocycles. The fraction of sp³-hybridized carbons (Fsp3) is 0.300. The van der Waals surface area contributed by atoms with E-state index in [1.54, 1.807) is 0 Å². The van der Waals surface area contributed by atoms with Crippen LogP contribution in [-0.2, 0) is 6.42 Å². The lowest BCUT2D eigenvalue weighted by atomic mass is 10.0. The summed E-state index contributed by atoms with van der Waals surface area (Å²) in [6.07, 6.45) is 3.12. The van der Waals surface area contributed by atoms with Gasteiger partial charge in [0.25, 0.3) is 5.91 Å². The summed E-state index contributed by atoms with van der Waals surface area (Å²) in [5, 5.41) is 6.10. The lowest BCUT2D eigenvalue weighted by Gasteiger charge is -2.10. The molecule has 1 heterocycles. The van der Waals surface area contributed by atoms with Crippen molar-refractivity contribution in [3.63, 3.8) is 0 Å². The fourth-order valence-electron chi connectivity index (χ4n) is 2.95. The third-order valence-electron chi connectivity index (χ3n) is 4.49. The van der Waals surface area contributed by atoms with E-state index in [2.05, 4.69) is 15.6 Å². The number of fused-ring (bicyclic) bond motifs is 1. The molecule has 1 aromatic heterocycles. The Balaban J connectivity index is 1.55. The summed E-state index contributed by atoms with van der Waals surface area (Å²) in [6, 6.07) is 13.3. The van der Waals surface area contributed by atoms with Gasteiger partial charge in [0.05, 0.1) is 0 Å². The van der Waals surface area contributed by atoms with Gasteiger partial charge in [0.1, 0.15) is 5.52 Å². The van der Waals surface area contributed by atoms with Gasteiger partial charge >= 0.3 is 0 Å². The van der Waals surface area contributed by atoms with E-state index < -0.39 is 0 Å². The van der Waals surface area contributed by atoms with E-state index in [0.717, 1.165) is 54.0 Å². The molecule has 25 heavy (non-hydrogen) atoms. The van der Waals surface area contributed by atoms with Crippen LogP contribution in [0.15, 0.2) is 46.9 Å². The Hall–Kier alpha value is -2.66. The highest BCUT2D eigenvalue weighted by molar-refractivity contribution is 6.05. The van der Waals surface area contributed by atoms with Crippen molar-refractivity contribution < 1.29 is 9.21 Å². The van der Waals surface area contributed by atoms with E-state index >= 15 is 0 Å². The van der Waals surface area contributed by atoms with Gasteiger partial charge in [0.15, 0.2) is 11.5 Å². The molecule has 0 aliphatic heterocycles. The highest BCUT2D eigenvalue weighted by Gasteiger charge is 2.28. The highest BCUT2D eigenvalue weighted by atomic mass is 16.3. The lowest BCUT2D eigenvalue weighted by Crippen LogP contribution is -2.17. The maximum Gasteiger partial charge on any atom is 0.255 e. The first-order valence-electron chi connectivity index (χ1n) is 8.69. The summed E-state index contributed by atoms with van der Waals surface area (Å²) in [7, 11) is 1.91. The number of rotatable bonds is 6. The van der Waals surface area contributed by atoms with E-state index in [4.69, 9.17) is 4.42 Å². The molecule has 5 heteroatoms. The molecule has 5 nitrogen and oxygen atoms in total. The number of nitrogens with one attached hydrogen (secondary N) is 2. The molecule has 2 aromatic carbocycles. The van der Waals surface area contributed by atoms with Crippen LogP contribution in [0.3, 0.4) is 0 Å². The van der Waals surface area contributed by atoms with Crippen LogP contribution in [0.2, 0.25) is 0 Å².